The van der Waals surface area contributed by atoms with Gasteiger partial charge < -0.3 is 5.73 Å². The van der Waals surface area contributed by atoms with Gasteiger partial charge in [-0.15, -0.1) is 0 Å². The number of carbonyl (C=O) groups excluding carboxylic acids is 1. The first-order valence-electron chi connectivity index (χ1n) is 4.89. The number of ketones is 1. The van der Waals surface area contributed by atoms with Gasteiger partial charge in [-0.3, -0.25) is 9.48 Å². The third-order valence-electron chi connectivity index (χ3n) is 3.11. The zero-order valence-electron chi connectivity index (χ0n) is 8.58. The second-order valence-electron chi connectivity index (χ2n) is 4.17. The summed E-state index contributed by atoms with van der Waals surface area (Å²) in [5.41, 5.74) is 6.72. The summed E-state index contributed by atoms with van der Waals surface area (Å²) in [5, 5.41) is 4.29. The lowest BCUT2D eigenvalue weighted by Crippen LogP contribution is -2.34. The zero-order valence-corrected chi connectivity index (χ0v) is 8.58. The number of aromatic nitrogens is 2. The van der Waals surface area contributed by atoms with Crippen molar-refractivity contribution >= 4 is 11.5 Å². The van der Waals surface area contributed by atoms with Crippen molar-refractivity contribution < 1.29 is 4.79 Å². The first-order valence-corrected chi connectivity index (χ1v) is 4.89. The number of Topliss-reactive ketones (excluding diaryl/α,β-unsaturated/α-hetero) is 1. The summed E-state index contributed by atoms with van der Waals surface area (Å²) in [6.07, 6.45) is 4.24. The summed E-state index contributed by atoms with van der Waals surface area (Å²) >= 11 is 0. The average molecular weight is 193 g/mol. The Balaban J connectivity index is 2.43. The Morgan fingerprint density at radius 2 is 2.36 bits per heavy atom. The molecular formula is C10H15N3O. The molecule has 1 heterocycles. The van der Waals surface area contributed by atoms with E-state index in [-0.39, 0.29) is 5.78 Å². The van der Waals surface area contributed by atoms with E-state index in [4.69, 9.17) is 5.73 Å². The molecule has 0 bridgehead atoms. The fourth-order valence-electron chi connectivity index (χ4n) is 1.97. The van der Waals surface area contributed by atoms with Crippen molar-refractivity contribution in [3.8, 4) is 0 Å². The molecule has 2 rings (SSSR count). The van der Waals surface area contributed by atoms with Crippen LogP contribution in [0.5, 0.6) is 0 Å². The summed E-state index contributed by atoms with van der Waals surface area (Å²) in [7, 11) is 0. The van der Waals surface area contributed by atoms with Crippen molar-refractivity contribution in [3.63, 3.8) is 0 Å². The van der Waals surface area contributed by atoms with Crippen molar-refractivity contribution in [1.29, 1.82) is 0 Å². The number of nitrogens with two attached hydrogens (primary N) is 1. The maximum absolute atomic E-state index is 11.7. The van der Waals surface area contributed by atoms with Gasteiger partial charge in [-0.1, -0.05) is 0 Å². The molecule has 1 aliphatic carbocycles. The smallest absolute Gasteiger partial charge is 0.160 e. The molecule has 2 N–H and O–H groups in total. The molecule has 1 atom stereocenters. The molecule has 4 nitrogen and oxygen atoms in total. The van der Waals surface area contributed by atoms with Crippen LogP contribution in [0.25, 0.3) is 0 Å². The lowest BCUT2D eigenvalue weighted by atomic mass is 10.0. The minimum Gasteiger partial charge on any atom is -0.396 e. The van der Waals surface area contributed by atoms with Gasteiger partial charge in [0.1, 0.15) is 5.54 Å². The molecule has 1 fully saturated rings. The fraction of sp³-hybridized carbons (Fsp3) is 0.600. The maximum atomic E-state index is 11.7. The average Bonchev–Trinajstić information content (AvgIpc) is 2.61. The SMILES string of the molecule is Cc1nn(C2(C)CCCC2=O)cc1N. The van der Waals surface area contributed by atoms with Crippen LogP contribution in [0.4, 0.5) is 5.69 Å². The molecule has 0 radical (unpaired) electrons. The quantitative estimate of drug-likeness (QED) is 0.730. The first kappa shape index (κ1) is 9.24. The second kappa shape index (κ2) is 2.83. The standard InChI is InChI=1S/C10H15N3O/c1-7-8(11)6-13(12-7)10(2)5-3-4-9(10)14/h6H,3-5,11H2,1-2H3. The molecule has 0 amide bonds. The van der Waals surface area contributed by atoms with Crippen molar-refractivity contribution in [2.45, 2.75) is 38.6 Å². The van der Waals surface area contributed by atoms with Crippen LogP contribution in [0.2, 0.25) is 0 Å². The lowest BCUT2D eigenvalue weighted by molar-refractivity contribution is -0.124. The number of nitrogen functional groups attached to an aromatic ring is 1. The number of hydrogen-bond donors (Lipinski definition) is 1. The van der Waals surface area contributed by atoms with E-state index in [2.05, 4.69) is 5.10 Å². The van der Waals surface area contributed by atoms with E-state index in [0.717, 1.165) is 18.5 Å². The summed E-state index contributed by atoms with van der Waals surface area (Å²) in [4.78, 5) is 11.7. The molecule has 0 aromatic carbocycles. The van der Waals surface area contributed by atoms with Gasteiger partial charge in [0.25, 0.3) is 0 Å². The van der Waals surface area contributed by atoms with Gasteiger partial charge in [0.05, 0.1) is 11.4 Å². The highest BCUT2D eigenvalue weighted by atomic mass is 16.1. The van der Waals surface area contributed by atoms with Crippen LogP contribution in [-0.2, 0) is 10.3 Å². The molecule has 0 saturated heterocycles. The number of anilines is 1. The third kappa shape index (κ3) is 1.14. The molecule has 4 heteroatoms. The Morgan fingerprint density at radius 3 is 2.79 bits per heavy atom. The van der Waals surface area contributed by atoms with Crippen LogP contribution >= 0.6 is 0 Å². The van der Waals surface area contributed by atoms with Crippen LogP contribution < -0.4 is 5.73 Å². The predicted molar refractivity (Wildman–Crippen MR) is 53.9 cm³/mol. The van der Waals surface area contributed by atoms with Gasteiger partial charge in [0, 0.05) is 12.6 Å². The number of aryl methyl sites for hydroxylation is 1. The summed E-state index contributed by atoms with van der Waals surface area (Å²) < 4.78 is 1.73. The fourth-order valence-corrected chi connectivity index (χ4v) is 1.97. The van der Waals surface area contributed by atoms with Crippen molar-refractivity contribution in [1.82, 2.24) is 9.78 Å². The minimum atomic E-state index is -0.456. The predicted octanol–water partition coefficient (Wildman–Crippen LogP) is 1.24. The molecule has 1 aliphatic rings. The Kier molecular flexibility index (Phi) is 1.87. The van der Waals surface area contributed by atoms with E-state index in [0.29, 0.717) is 12.1 Å². The van der Waals surface area contributed by atoms with Gasteiger partial charge in [-0.25, -0.2) is 0 Å². The van der Waals surface area contributed by atoms with Gasteiger partial charge in [-0.2, -0.15) is 5.10 Å². The van der Waals surface area contributed by atoms with Crippen LogP contribution in [-0.4, -0.2) is 15.6 Å². The molecule has 1 unspecified atom stereocenters. The summed E-state index contributed by atoms with van der Waals surface area (Å²) in [5.74, 6) is 0.264. The van der Waals surface area contributed by atoms with Crippen molar-refractivity contribution in [3.05, 3.63) is 11.9 Å². The minimum absolute atomic E-state index is 0.264. The topological polar surface area (TPSA) is 60.9 Å². The highest BCUT2D eigenvalue weighted by Gasteiger charge is 2.39. The Bertz CT molecular complexity index is 363. The Hall–Kier alpha value is -1.32. The normalized spacial score (nSPS) is 27.1. The molecule has 1 aromatic rings. The molecule has 14 heavy (non-hydrogen) atoms. The highest BCUT2D eigenvalue weighted by Crippen LogP contribution is 2.33. The van der Waals surface area contributed by atoms with Gasteiger partial charge in [-0.05, 0) is 26.7 Å². The zero-order chi connectivity index (χ0) is 10.3. The van der Waals surface area contributed by atoms with Gasteiger partial charge >= 0.3 is 0 Å². The van der Waals surface area contributed by atoms with Crippen LogP contribution in [0.1, 0.15) is 31.9 Å². The highest BCUT2D eigenvalue weighted by molar-refractivity contribution is 5.88. The molecule has 1 aromatic heterocycles. The van der Waals surface area contributed by atoms with E-state index < -0.39 is 5.54 Å². The summed E-state index contributed by atoms with van der Waals surface area (Å²) in [6.45, 7) is 3.79. The molecule has 0 aliphatic heterocycles. The van der Waals surface area contributed by atoms with Crippen molar-refractivity contribution in [2.75, 3.05) is 5.73 Å². The van der Waals surface area contributed by atoms with Crippen LogP contribution in [0, 0.1) is 6.92 Å². The van der Waals surface area contributed by atoms with E-state index in [9.17, 15) is 4.79 Å². The largest absolute Gasteiger partial charge is 0.396 e. The number of hydrogen-bond acceptors (Lipinski definition) is 3. The van der Waals surface area contributed by atoms with Gasteiger partial charge in [0.2, 0.25) is 0 Å². The van der Waals surface area contributed by atoms with Crippen molar-refractivity contribution in [2.24, 2.45) is 0 Å². The molecule has 0 spiro atoms. The summed E-state index contributed by atoms with van der Waals surface area (Å²) in [6, 6.07) is 0. The lowest BCUT2D eigenvalue weighted by Gasteiger charge is -2.22. The third-order valence-corrected chi connectivity index (χ3v) is 3.11. The first-order chi connectivity index (χ1) is 6.54. The van der Waals surface area contributed by atoms with E-state index >= 15 is 0 Å². The molecule has 76 valence electrons. The molecular weight excluding hydrogens is 178 g/mol. The number of nitrogens with zero attached hydrogens (tertiary/aromatic N) is 2. The maximum Gasteiger partial charge on any atom is 0.160 e. The van der Waals surface area contributed by atoms with E-state index in [1.165, 1.54) is 0 Å². The second-order valence-corrected chi connectivity index (χ2v) is 4.17. The molecule has 1 saturated carbocycles. The monoisotopic (exact) mass is 193 g/mol. The van der Waals surface area contributed by atoms with Crippen LogP contribution in [0.3, 0.4) is 0 Å². The number of rotatable bonds is 1. The number of carbonyl (C=O) groups is 1. The van der Waals surface area contributed by atoms with E-state index in [1.807, 2.05) is 13.8 Å². The van der Waals surface area contributed by atoms with Gasteiger partial charge in [0.15, 0.2) is 5.78 Å². The Labute approximate surface area is 83.1 Å². The Morgan fingerprint density at radius 1 is 1.64 bits per heavy atom. The van der Waals surface area contributed by atoms with Crippen LogP contribution in [0.15, 0.2) is 6.20 Å². The van der Waals surface area contributed by atoms with E-state index in [1.54, 1.807) is 10.9 Å².